The molecule has 0 amide bonds. The molecule has 0 atom stereocenters. The molecule has 3 N–H and O–H groups in total. The molecule has 0 aromatic carbocycles. The summed E-state index contributed by atoms with van der Waals surface area (Å²) in [5, 5.41) is 3.53. The molecule has 0 spiro atoms. The SMILES string of the molecule is Cc1ccc(CNc2cc(N)cc(Cl)n2)cn1. The molecular formula is C12H13ClN4. The average molecular weight is 249 g/mol. The largest absolute Gasteiger partial charge is 0.399 e. The Morgan fingerprint density at radius 1 is 1.35 bits per heavy atom. The first-order valence-electron chi connectivity index (χ1n) is 5.22. The van der Waals surface area contributed by atoms with Crippen molar-refractivity contribution in [1.82, 2.24) is 9.97 Å². The predicted molar refractivity (Wildman–Crippen MR) is 70.0 cm³/mol. The van der Waals surface area contributed by atoms with Crippen molar-refractivity contribution in [1.29, 1.82) is 0 Å². The van der Waals surface area contributed by atoms with Crippen LogP contribution in [0, 0.1) is 6.92 Å². The summed E-state index contributed by atoms with van der Waals surface area (Å²) in [6.07, 6.45) is 1.83. The van der Waals surface area contributed by atoms with E-state index >= 15 is 0 Å². The van der Waals surface area contributed by atoms with Gasteiger partial charge in [-0.05, 0) is 24.6 Å². The molecule has 0 saturated carbocycles. The lowest BCUT2D eigenvalue weighted by Crippen LogP contribution is -2.02. The highest BCUT2D eigenvalue weighted by Crippen LogP contribution is 2.16. The minimum atomic E-state index is 0.384. The monoisotopic (exact) mass is 248 g/mol. The van der Waals surface area contributed by atoms with Crippen LogP contribution in [0.15, 0.2) is 30.5 Å². The van der Waals surface area contributed by atoms with Gasteiger partial charge in [-0.15, -0.1) is 0 Å². The Morgan fingerprint density at radius 3 is 2.82 bits per heavy atom. The normalized spacial score (nSPS) is 10.2. The molecule has 0 fully saturated rings. The van der Waals surface area contributed by atoms with Gasteiger partial charge in [-0.1, -0.05) is 17.7 Å². The van der Waals surface area contributed by atoms with E-state index in [-0.39, 0.29) is 0 Å². The van der Waals surface area contributed by atoms with Crippen LogP contribution in [0.25, 0.3) is 0 Å². The maximum atomic E-state index is 5.81. The van der Waals surface area contributed by atoms with Gasteiger partial charge in [0, 0.05) is 30.2 Å². The van der Waals surface area contributed by atoms with Gasteiger partial charge in [0.2, 0.25) is 0 Å². The molecule has 0 saturated heterocycles. The second-order valence-corrected chi connectivity index (χ2v) is 4.16. The van der Waals surface area contributed by atoms with Gasteiger partial charge in [-0.25, -0.2) is 4.98 Å². The highest BCUT2D eigenvalue weighted by molar-refractivity contribution is 6.29. The van der Waals surface area contributed by atoms with E-state index in [0.29, 0.717) is 23.2 Å². The van der Waals surface area contributed by atoms with Crippen LogP contribution in [0.3, 0.4) is 0 Å². The van der Waals surface area contributed by atoms with Gasteiger partial charge in [0.05, 0.1) is 0 Å². The van der Waals surface area contributed by atoms with Gasteiger partial charge >= 0.3 is 0 Å². The summed E-state index contributed by atoms with van der Waals surface area (Å²) in [6.45, 7) is 2.59. The zero-order chi connectivity index (χ0) is 12.3. The highest BCUT2D eigenvalue weighted by atomic mass is 35.5. The summed E-state index contributed by atoms with van der Waals surface area (Å²) in [7, 11) is 0. The molecular weight excluding hydrogens is 236 g/mol. The zero-order valence-corrected chi connectivity index (χ0v) is 10.2. The Kier molecular flexibility index (Phi) is 3.44. The van der Waals surface area contributed by atoms with E-state index < -0.39 is 0 Å². The second-order valence-electron chi connectivity index (χ2n) is 3.77. The van der Waals surface area contributed by atoms with Crippen LogP contribution in [0.1, 0.15) is 11.3 Å². The molecule has 0 radical (unpaired) electrons. The Hall–Kier alpha value is -1.81. The lowest BCUT2D eigenvalue weighted by atomic mass is 10.2. The molecule has 0 unspecified atom stereocenters. The van der Waals surface area contributed by atoms with Crippen LogP contribution in [-0.2, 0) is 6.54 Å². The van der Waals surface area contributed by atoms with Crippen molar-refractivity contribution in [3.63, 3.8) is 0 Å². The van der Waals surface area contributed by atoms with E-state index in [0.717, 1.165) is 11.3 Å². The number of nitrogens with two attached hydrogens (primary N) is 1. The Balaban J connectivity index is 2.04. The second kappa shape index (κ2) is 5.01. The minimum absolute atomic E-state index is 0.384. The lowest BCUT2D eigenvalue weighted by Gasteiger charge is -2.06. The van der Waals surface area contributed by atoms with Crippen LogP contribution >= 0.6 is 11.6 Å². The van der Waals surface area contributed by atoms with Crippen LogP contribution in [0.5, 0.6) is 0 Å². The third-order valence-electron chi connectivity index (χ3n) is 2.26. The van der Waals surface area contributed by atoms with E-state index in [9.17, 15) is 0 Å². The molecule has 0 bridgehead atoms. The Bertz CT molecular complexity index is 490. The third kappa shape index (κ3) is 3.32. The number of nitrogens with one attached hydrogen (secondary N) is 1. The van der Waals surface area contributed by atoms with Gasteiger partial charge in [0.25, 0.3) is 0 Å². The average Bonchev–Trinajstić information content (AvgIpc) is 2.27. The van der Waals surface area contributed by atoms with Gasteiger partial charge in [0.15, 0.2) is 0 Å². The van der Waals surface area contributed by atoms with Crippen molar-refractivity contribution in [2.45, 2.75) is 13.5 Å². The smallest absolute Gasteiger partial charge is 0.133 e. The Morgan fingerprint density at radius 2 is 2.18 bits per heavy atom. The van der Waals surface area contributed by atoms with E-state index in [1.807, 2.05) is 25.3 Å². The number of aryl methyl sites for hydroxylation is 1. The van der Waals surface area contributed by atoms with Gasteiger partial charge in [-0.2, -0.15) is 0 Å². The standard InChI is InChI=1S/C12H13ClN4/c1-8-2-3-9(6-15-8)7-16-12-5-10(14)4-11(13)17-12/h2-6H,7H2,1H3,(H3,14,16,17). The molecule has 0 aliphatic rings. The van der Waals surface area contributed by atoms with Gasteiger partial charge < -0.3 is 11.1 Å². The number of hydrogen-bond acceptors (Lipinski definition) is 4. The minimum Gasteiger partial charge on any atom is -0.399 e. The van der Waals surface area contributed by atoms with E-state index in [1.165, 1.54) is 0 Å². The first-order chi connectivity index (χ1) is 8.13. The number of aromatic nitrogens is 2. The molecule has 2 aromatic heterocycles. The number of anilines is 2. The number of nitrogen functional groups attached to an aromatic ring is 1. The van der Waals surface area contributed by atoms with Gasteiger partial charge in [-0.3, -0.25) is 4.98 Å². The first-order valence-corrected chi connectivity index (χ1v) is 5.60. The van der Waals surface area contributed by atoms with Crippen LogP contribution < -0.4 is 11.1 Å². The highest BCUT2D eigenvalue weighted by Gasteiger charge is 1.99. The lowest BCUT2D eigenvalue weighted by molar-refractivity contribution is 1.07. The molecule has 2 aromatic rings. The number of nitrogens with zero attached hydrogens (tertiary/aromatic N) is 2. The number of halogens is 1. The van der Waals surface area contributed by atoms with Crippen molar-refractivity contribution in [2.24, 2.45) is 0 Å². The molecule has 5 heteroatoms. The summed E-state index contributed by atoms with van der Waals surface area (Å²) >= 11 is 5.81. The summed E-state index contributed by atoms with van der Waals surface area (Å²) in [5.74, 6) is 0.663. The summed E-state index contributed by atoms with van der Waals surface area (Å²) in [6, 6.07) is 7.34. The van der Waals surface area contributed by atoms with E-state index in [2.05, 4.69) is 15.3 Å². The molecule has 4 nitrogen and oxygen atoms in total. The van der Waals surface area contributed by atoms with Crippen molar-refractivity contribution in [2.75, 3.05) is 11.1 Å². The molecule has 2 heterocycles. The van der Waals surface area contributed by atoms with Crippen LogP contribution in [0.4, 0.5) is 11.5 Å². The van der Waals surface area contributed by atoms with Crippen molar-refractivity contribution >= 4 is 23.1 Å². The Labute approximate surface area is 105 Å². The molecule has 0 aliphatic carbocycles. The fraction of sp³-hybridized carbons (Fsp3) is 0.167. The third-order valence-corrected chi connectivity index (χ3v) is 2.46. The fourth-order valence-corrected chi connectivity index (χ4v) is 1.62. The number of rotatable bonds is 3. The maximum Gasteiger partial charge on any atom is 0.133 e. The molecule has 0 aliphatic heterocycles. The molecule has 88 valence electrons. The van der Waals surface area contributed by atoms with Gasteiger partial charge in [0.1, 0.15) is 11.0 Å². The quantitative estimate of drug-likeness (QED) is 0.820. The van der Waals surface area contributed by atoms with E-state index in [1.54, 1.807) is 12.1 Å². The summed E-state index contributed by atoms with van der Waals surface area (Å²) in [5.41, 5.74) is 8.34. The van der Waals surface area contributed by atoms with Crippen molar-refractivity contribution in [3.8, 4) is 0 Å². The molecule has 2 rings (SSSR count). The van der Waals surface area contributed by atoms with Crippen molar-refractivity contribution < 1.29 is 0 Å². The topological polar surface area (TPSA) is 63.8 Å². The van der Waals surface area contributed by atoms with Crippen LogP contribution in [0.2, 0.25) is 5.15 Å². The van der Waals surface area contributed by atoms with Crippen LogP contribution in [-0.4, -0.2) is 9.97 Å². The first kappa shape index (κ1) is 11.7. The summed E-state index contributed by atoms with van der Waals surface area (Å²) < 4.78 is 0. The molecule has 17 heavy (non-hydrogen) atoms. The maximum absolute atomic E-state index is 5.81. The van der Waals surface area contributed by atoms with E-state index in [4.69, 9.17) is 17.3 Å². The fourth-order valence-electron chi connectivity index (χ4n) is 1.40. The predicted octanol–water partition coefficient (Wildman–Crippen LogP) is 2.63. The van der Waals surface area contributed by atoms with Crippen molar-refractivity contribution in [3.05, 3.63) is 46.9 Å². The number of hydrogen-bond donors (Lipinski definition) is 2. The summed E-state index contributed by atoms with van der Waals surface area (Å²) in [4.78, 5) is 8.34. The zero-order valence-electron chi connectivity index (χ0n) is 9.44. The number of pyridine rings is 2.